The Morgan fingerprint density at radius 2 is 0.522 bits per heavy atom. The largest absolute Gasteiger partial charge is 0.0876 e. The second-order valence-electron chi connectivity index (χ2n) is 11.6. The standard InChI is InChI=1S/C42H39PS3/c1-31(34-13-7-4-8-14-34)37-19-25-40(26-20-37)44-43(45-41-27-21-38(22-28-41)32(2)35-15-9-5-10-16-35)46-42-29-23-39(24-30-42)33(3)36-17-11-6-12-18-36/h4-33H,1-3H3. The average molecular weight is 671 g/mol. The lowest BCUT2D eigenvalue weighted by atomic mass is 9.93. The third-order valence-electron chi connectivity index (χ3n) is 8.58. The fourth-order valence-electron chi connectivity index (χ4n) is 5.57. The van der Waals surface area contributed by atoms with Gasteiger partial charge in [-0.15, -0.1) is 0 Å². The summed E-state index contributed by atoms with van der Waals surface area (Å²) in [5.74, 6) is 1.12. The maximum Gasteiger partial charge on any atom is 0.0876 e. The molecule has 4 heteroatoms. The van der Waals surface area contributed by atoms with Crippen LogP contribution in [0.15, 0.2) is 178 Å². The van der Waals surface area contributed by atoms with E-state index >= 15 is 0 Å². The van der Waals surface area contributed by atoms with E-state index in [0.717, 1.165) is 0 Å². The molecule has 0 saturated carbocycles. The van der Waals surface area contributed by atoms with Crippen molar-refractivity contribution in [3.05, 3.63) is 197 Å². The van der Waals surface area contributed by atoms with Crippen molar-refractivity contribution in [2.45, 2.75) is 53.2 Å². The van der Waals surface area contributed by atoms with Crippen molar-refractivity contribution < 1.29 is 0 Å². The molecule has 230 valence electrons. The van der Waals surface area contributed by atoms with E-state index in [1.807, 2.05) is 34.1 Å². The molecule has 3 atom stereocenters. The first-order valence-electron chi connectivity index (χ1n) is 15.8. The predicted octanol–water partition coefficient (Wildman–Crippen LogP) is 14.0. The number of hydrogen-bond donors (Lipinski definition) is 0. The van der Waals surface area contributed by atoms with Gasteiger partial charge < -0.3 is 0 Å². The van der Waals surface area contributed by atoms with Crippen molar-refractivity contribution in [1.82, 2.24) is 0 Å². The first kappa shape index (κ1) is 32.7. The zero-order valence-electron chi connectivity index (χ0n) is 26.5. The average Bonchev–Trinajstić information content (AvgIpc) is 3.13. The van der Waals surface area contributed by atoms with Gasteiger partial charge in [-0.25, -0.2) is 0 Å². The molecule has 0 N–H and O–H groups in total. The van der Waals surface area contributed by atoms with Crippen molar-refractivity contribution in [3.8, 4) is 0 Å². The van der Waals surface area contributed by atoms with Crippen LogP contribution in [0.4, 0.5) is 0 Å². The van der Waals surface area contributed by atoms with Gasteiger partial charge in [0.05, 0.1) is 5.53 Å². The highest BCUT2D eigenvalue weighted by Crippen LogP contribution is 2.76. The van der Waals surface area contributed by atoms with E-state index < -0.39 is 5.53 Å². The molecule has 0 spiro atoms. The molecule has 46 heavy (non-hydrogen) atoms. The van der Waals surface area contributed by atoms with Crippen molar-refractivity contribution in [3.63, 3.8) is 0 Å². The SMILES string of the molecule is CC(c1ccccc1)c1ccc(SP(Sc2ccc(C(C)c3ccccc3)cc2)Sc2ccc(C(C)c3ccccc3)cc2)cc1. The van der Waals surface area contributed by atoms with Crippen LogP contribution in [-0.2, 0) is 0 Å². The molecule has 0 heterocycles. The van der Waals surface area contributed by atoms with Crippen LogP contribution in [0.25, 0.3) is 0 Å². The Balaban J connectivity index is 1.19. The summed E-state index contributed by atoms with van der Waals surface area (Å²) in [6, 6.07) is 60.0. The summed E-state index contributed by atoms with van der Waals surface area (Å²) in [6.45, 7) is 6.88. The van der Waals surface area contributed by atoms with Crippen LogP contribution in [0.2, 0.25) is 0 Å². The van der Waals surface area contributed by atoms with E-state index in [1.165, 1.54) is 48.1 Å². The van der Waals surface area contributed by atoms with Crippen LogP contribution in [0.1, 0.15) is 71.9 Å². The molecule has 0 aromatic heterocycles. The molecule has 3 unspecified atom stereocenters. The number of benzene rings is 6. The van der Waals surface area contributed by atoms with Gasteiger partial charge in [0.1, 0.15) is 0 Å². The quantitative estimate of drug-likeness (QED) is 0.119. The molecule has 6 rings (SSSR count). The Kier molecular flexibility index (Phi) is 11.4. The summed E-state index contributed by atoms with van der Waals surface area (Å²) in [5, 5.41) is 0. The lowest BCUT2D eigenvalue weighted by molar-refractivity contribution is 0.920. The van der Waals surface area contributed by atoms with E-state index in [2.05, 4.69) is 185 Å². The molecule has 0 nitrogen and oxygen atoms in total. The third kappa shape index (κ3) is 8.58. The Labute approximate surface area is 288 Å². The van der Waals surface area contributed by atoms with Crippen LogP contribution in [0.5, 0.6) is 0 Å². The lowest BCUT2D eigenvalue weighted by Crippen LogP contribution is -1.95. The van der Waals surface area contributed by atoms with Gasteiger partial charge in [-0.05, 0) is 69.8 Å². The number of rotatable bonds is 12. The smallest absolute Gasteiger partial charge is 0.0754 e. The fraction of sp³-hybridized carbons (Fsp3) is 0.143. The monoisotopic (exact) mass is 670 g/mol. The lowest BCUT2D eigenvalue weighted by Gasteiger charge is -2.18. The van der Waals surface area contributed by atoms with Crippen molar-refractivity contribution in [1.29, 1.82) is 0 Å². The topological polar surface area (TPSA) is 0 Å². The summed E-state index contributed by atoms with van der Waals surface area (Å²) < 4.78 is 0. The Morgan fingerprint density at radius 1 is 0.304 bits per heavy atom. The van der Waals surface area contributed by atoms with Gasteiger partial charge in [0.15, 0.2) is 0 Å². The third-order valence-corrected chi connectivity index (χ3v) is 17.7. The summed E-state index contributed by atoms with van der Waals surface area (Å²) in [4.78, 5) is 3.95. The first-order chi connectivity index (χ1) is 22.5. The molecule has 0 radical (unpaired) electrons. The molecular weight excluding hydrogens is 632 g/mol. The van der Waals surface area contributed by atoms with E-state index in [-0.39, 0.29) is 0 Å². The normalized spacial score (nSPS) is 13.9. The highest BCUT2D eigenvalue weighted by atomic mass is 33.4. The van der Waals surface area contributed by atoms with Gasteiger partial charge in [-0.3, -0.25) is 0 Å². The van der Waals surface area contributed by atoms with Crippen LogP contribution in [0.3, 0.4) is 0 Å². The van der Waals surface area contributed by atoms with Gasteiger partial charge in [-0.1, -0.05) is 182 Å². The van der Waals surface area contributed by atoms with Crippen LogP contribution in [0, 0.1) is 0 Å². The maximum absolute atomic E-state index is 2.31. The van der Waals surface area contributed by atoms with Crippen LogP contribution < -0.4 is 0 Å². The van der Waals surface area contributed by atoms with E-state index in [4.69, 9.17) is 0 Å². The molecule has 6 aromatic rings. The second-order valence-corrected chi connectivity index (χ2v) is 21.0. The van der Waals surface area contributed by atoms with Gasteiger partial charge >= 0.3 is 0 Å². The highest BCUT2D eigenvalue weighted by molar-refractivity contribution is 9.12. The van der Waals surface area contributed by atoms with E-state index in [1.54, 1.807) is 0 Å². The van der Waals surface area contributed by atoms with Gasteiger partial charge in [-0.2, -0.15) is 0 Å². The molecule has 0 saturated heterocycles. The van der Waals surface area contributed by atoms with Crippen molar-refractivity contribution >= 4 is 39.7 Å². The molecular formula is C42H39PS3. The van der Waals surface area contributed by atoms with E-state index in [0.29, 0.717) is 17.8 Å². The Bertz CT molecular complexity index is 1560. The summed E-state index contributed by atoms with van der Waals surface area (Å²) >= 11 is 6.00. The van der Waals surface area contributed by atoms with Gasteiger partial charge in [0.2, 0.25) is 0 Å². The van der Waals surface area contributed by atoms with Gasteiger partial charge in [0, 0.05) is 32.4 Å². The zero-order chi connectivity index (χ0) is 31.7. The van der Waals surface area contributed by atoms with Crippen molar-refractivity contribution in [2.75, 3.05) is 0 Å². The molecule has 0 aliphatic heterocycles. The van der Waals surface area contributed by atoms with Gasteiger partial charge in [0.25, 0.3) is 0 Å². The first-order valence-corrected chi connectivity index (χ1v) is 21.4. The van der Waals surface area contributed by atoms with Crippen molar-refractivity contribution in [2.24, 2.45) is 0 Å². The summed E-state index contributed by atoms with van der Waals surface area (Å²) in [5.41, 5.74) is 7.57. The minimum absolute atomic E-state index is 0.374. The van der Waals surface area contributed by atoms with Crippen LogP contribution >= 0.6 is 39.7 Å². The number of hydrogen-bond acceptors (Lipinski definition) is 3. The minimum atomic E-state index is -0.546. The predicted molar refractivity (Wildman–Crippen MR) is 206 cm³/mol. The fourth-order valence-corrected chi connectivity index (χ4v) is 15.6. The molecule has 0 bridgehead atoms. The van der Waals surface area contributed by atoms with Crippen LogP contribution in [-0.4, -0.2) is 0 Å². The van der Waals surface area contributed by atoms with E-state index in [9.17, 15) is 0 Å². The molecule has 0 fully saturated rings. The Morgan fingerprint density at radius 3 is 0.761 bits per heavy atom. The minimum Gasteiger partial charge on any atom is -0.0754 e. The molecule has 0 aliphatic carbocycles. The molecule has 0 amide bonds. The summed E-state index contributed by atoms with van der Waals surface area (Å²) in [6.07, 6.45) is 0. The Hall–Kier alpha value is -3.20. The highest BCUT2D eigenvalue weighted by Gasteiger charge is 2.18. The second kappa shape index (κ2) is 16.1. The zero-order valence-corrected chi connectivity index (χ0v) is 29.8. The molecule has 6 aromatic carbocycles. The maximum atomic E-state index is 2.31. The summed E-state index contributed by atoms with van der Waals surface area (Å²) in [7, 11) is 0. The molecule has 0 aliphatic rings.